The Morgan fingerprint density at radius 3 is 2.23 bits per heavy atom. The summed E-state index contributed by atoms with van der Waals surface area (Å²) in [7, 11) is 0. The van der Waals surface area contributed by atoms with Crippen LogP contribution in [-0.4, -0.2) is 17.7 Å². The van der Waals surface area contributed by atoms with Crippen molar-refractivity contribution in [3.63, 3.8) is 0 Å². The maximum absolute atomic E-state index is 12.5. The molecule has 3 amide bonds. The lowest BCUT2D eigenvalue weighted by Gasteiger charge is -2.20. The van der Waals surface area contributed by atoms with Gasteiger partial charge in [-0.3, -0.25) is 14.4 Å². The first-order chi connectivity index (χ1) is 10.6. The topological polar surface area (TPSA) is 66.5 Å². The van der Waals surface area contributed by atoms with Crippen LogP contribution in [0.2, 0.25) is 0 Å². The average molecular weight is 292 g/mol. The van der Waals surface area contributed by atoms with Crippen LogP contribution in [0.3, 0.4) is 0 Å². The monoisotopic (exact) mass is 292 g/mol. The Hall–Kier alpha value is -2.95. The molecule has 0 radical (unpaired) electrons. The van der Waals surface area contributed by atoms with Crippen LogP contribution >= 0.6 is 0 Å². The zero-order valence-corrected chi connectivity index (χ0v) is 11.6. The maximum atomic E-state index is 12.5. The van der Waals surface area contributed by atoms with Gasteiger partial charge in [-0.15, -0.1) is 0 Å². The molecule has 2 heterocycles. The van der Waals surface area contributed by atoms with Gasteiger partial charge in [-0.25, -0.2) is 4.90 Å². The van der Waals surface area contributed by atoms with Crippen LogP contribution in [0.25, 0.3) is 0 Å². The van der Waals surface area contributed by atoms with E-state index in [1.165, 1.54) is 4.90 Å². The molecule has 1 N–H and O–H groups in total. The number of hydrogen-bond acceptors (Lipinski definition) is 3. The largest absolute Gasteiger partial charge is 0.352 e. The van der Waals surface area contributed by atoms with Crippen molar-refractivity contribution in [2.45, 2.75) is 13.0 Å². The molecule has 22 heavy (non-hydrogen) atoms. The van der Waals surface area contributed by atoms with E-state index >= 15 is 0 Å². The summed E-state index contributed by atoms with van der Waals surface area (Å²) in [4.78, 5) is 37.6. The van der Waals surface area contributed by atoms with Gasteiger partial charge < -0.3 is 5.32 Å². The van der Waals surface area contributed by atoms with Crippen LogP contribution < -0.4 is 10.2 Å². The van der Waals surface area contributed by atoms with Gasteiger partial charge in [-0.2, -0.15) is 0 Å². The molecule has 4 rings (SSSR count). The standard InChI is InChI=1S/C17H12N2O3/c20-15-8-11-7-12(6-5-10(11)9-18-15)19-16(21)13-3-1-2-4-14(13)17(19)22/h1-7H,8-9H2,(H,18,20). The van der Waals surface area contributed by atoms with Gasteiger partial charge in [0, 0.05) is 6.54 Å². The molecule has 0 atom stereocenters. The highest BCUT2D eigenvalue weighted by Crippen LogP contribution is 2.30. The first-order valence-corrected chi connectivity index (χ1v) is 7.01. The highest BCUT2D eigenvalue weighted by Gasteiger charge is 2.36. The minimum absolute atomic E-state index is 0.0491. The third kappa shape index (κ3) is 1.75. The zero-order valence-electron chi connectivity index (χ0n) is 11.6. The number of amides is 3. The molecule has 0 aliphatic carbocycles. The summed E-state index contributed by atoms with van der Waals surface area (Å²) in [6.45, 7) is 0.483. The smallest absolute Gasteiger partial charge is 0.266 e. The fourth-order valence-corrected chi connectivity index (χ4v) is 2.94. The first kappa shape index (κ1) is 12.8. The predicted molar refractivity (Wildman–Crippen MR) is 79.6 cm³/mol. The minimum Gasteiger partial charge on any atom is -0.352 e. The number of imide groups is 1. The molecule has 0 saturated heterocycles. The number of nitrogens with one attached hydrogen (secondary N) is 1. The van der Waals surface area contributed by atoms with Crippen molar-refractivity contribution in [3.05, 3.63) is 64.7 Å². The van der Waals surface area contributed by atoms with Crippen molar-refractivity contribution in [3.8, 4) is 0 Å². The molecule has 0 spiro atoms. The van der Waals surface area contributed by atoms with Crippen molar-refractivity contribution in [2.75, 3.05) is 4.90 Å². The molecule has 108 valence electrons. The van der Waals surface area contributed by atoms with E-state index < -0.39 is 0 Å². The molecule has 0 fully saturated rings. The van der Waals surface area contributed by atoms with Gasteiger partial charge in [-0.05, 0) is 35.4 Å². The number of carbonyl (C=O) groups excluding carboxylic acids is 3. The number of carbonyl (C=O) groups is 3. The van der Waals surface area contributed by atoms with Crippen LogP contribution in [0.15, 0.2) is 42.5 Å². The number of hydrogen-bond donors (Lipinski definition) is 1. The fraction of sp³-hybridized carbons (Fsp3) is 0.118. The summed E-state index contributed by atoms with van der Waals surface area (Å²) in [5.41, 5.74) is 3.23. The van der Waals surface area contributed by atoms with Crippen molar-refractivity contribution in [2.24, 2.45) is 0 Å². The van der Waals surface area contributed by atoms with E-state index in [9.17, 15) is 14.4 Å². The summed E-state index contributed by atoms with van der Waals surface area (Å²) in [6.07, 6.45) is 0.270. The van der Waals surface area contributed by atoms with Crippen LogP contribution in [0.1, 0.15) is 31.8 Å². The Labute approximate surface area is 126 Å². The van der Waals surface area contributed by atoms with Gasteiger partial charge in [0.25, 0.3) is 11.8 Å². The quantitative estimate of drug-likeness (QED) is 0.813. The van der Waals surface area contributed by atoms with Crippen LogP contribution in [0.4, 0.5) is 5.69 Å². The van der Waals surface area contributed by atoms with Crippen molar-refractivity contribution < 1.29 is 14.4 Å². The van der Waals surface area contributed by atoms with Crippen LogP contribution in [0.5, 0.6) is 0 Å². The third-order valence-electron chi connectivity index (χ3n) is 4.07. The zero-order chi connectivity index (χ0) is 15.3. The lowest BCUT2D eigenvalue weighted by atomic mass is 9.99. The average Bonchev–Trinajstić information content (AvgIpc) is 2.79. The second-order valence-electron chi connectivity index (χ2n) is 5.40. The molecular formula is C17H12N2O3. The van der Waals surface area contributed by atoms with Crippen LogP contribution in [0, 0.1) is 0 Å². The van der Waals surface area contributed by atoms with E-state index in [2.05, 4.69) is 5.32 Å². The van der Waals surface area contributed by atoms with E-state index in [4.69, 9.17) is 0 Å². The Bertz CT molecular complexity index is 807. The molecule has 2 aliphatic heterocycles. The van der Waals surface area contributed by atoms with Crippen molar-refractivity contribution in [1.82, 2.24) is 5.32 Å². The second-order valence-corrected chi connectivity index (χ2v) is 5.40. The lowest BCUT2D eigenvalue weighted by Crippen LogP contribution is -2.32. The van der Waals surface area contributed by atoms with Gasteiger partial charge in [0.2, 0.25) is 5.91 Å². The summed E-state index contributed by atoms with van der Waals surface area (Å²) in [5, 5.41) is 2.77. The highest BCUT2D eigenvalue weighted by molar-refractivity contribution is 6.34. The molecule has 0 bridgehead atoms. The van der Waals surface area contributed by atoms with E-state index in [0.29, 0.717) is 23.4 Å². The molecule has 0 saturated carbocycles. The molecule has 2 aromatic carbocycles. The van der Waals surface area contributed by atoms with Crippen LogP contribution in [-0.2, 0) is 17.8 Å². The van der Waals surface area contributed by atoms with E-state index in [1.54, 1.807) is 36.4 Å². The van der Waals surface area contributed by atoms with E-state index in [1.807, 2.05) is 6.07 Å². The number of nitrogens with zero attached hydrogens (tertiary/aromatic N) is 1. The number of rotatable bonds is 1. The number of anilines is 1. The Kier molecular flexibility index (Phi) is 2.63. The summed E-state index contributed by atoms with van der Waals surface area (Å²) >= 11 is 0. The van der Waals surface area contributed by atoms with Gasteiger partial charge in [0.15, 0.2) is 0 Å². The molecular weight excluding hydrogens is 280 g/mol. The summed E-state index contributed by atoms with van der Waals surface area (Å²) < 4.78 is 0. The Morgan fingerprint density at radius 2 is 1.55 bits per heavy atom. The summed E-state index contributed by atoms with van der Waals surface area (Å²) in [6, 6.07) is 12.2. The summed E-state index contributed by atoms with van der Waals surface area (Å²) in [5.74, 6) is -0.686. The highest BCUT2D eigenvalue weighted by atomic mass is 16.2. The molecule has 2 aromatic rings. The van der Waals surface area contributed by atoms with Gasteiger partial charge in [0.05, 0.1) is 23.2 Å². The van der Waals surface area contributed by atoms with E-state index in [-0.39, 0.29) is 24.1 Å². The Balaban J connectivity index is 1.78. The molecule has 0 unspecified atom stereocenters. The molecule has 2 aliphatic rings. The number of fused-ring (bicyclic) bond motifs is 2. The van der Waals surface area contributed by atoms with Gasteiger partial charge >= 0.3 is 0 Å². The third-order valence-corrected chi connectivity index (χ3v) is 4.07. The molecule has 0 aromatic heterocycles. The van der Waals surface area contributed by atoms with E-state index in [0.717, 1.165) is 11.1 Å². The normalized spacial score (nSPS) is 16.4. The van der Waals surface area contributed by atoms with Gasteiger partial charge in [0.1, 0.15) is 0 Å². The van der Waals surface area contributed by atoms with Crippen molar-refractivity contribution >= 4 is 23.4 Å². The first-order valence-electron chi connectivity index (χ1n) is 7.01. The maximum Gasteiger partial charge on any atom is 0.266 e. The van der Waals surface area contributed by atoms with Gasteiger partial charge in [-0.1, -0.05) is 18.2 Å². The SMILES string of the molecule is O=C1Cc2cc(N3C(=O)c4ccccc4C3=O)ccc2CN1. The Morgan fingerprint density at radius 1 is 0.864 bits per heavy atom. The predicted octanol–water partition coefficient (Wildman–Crippen LogP) is 1.66. The molecule has 5 nitrogen and oxygen atoms in total. The molecule has 5 heteroatoms. The minimum atomic E-state index is -0.319. The second kappa shape index (κ2) is 4.53. The number of benzene rings is 2. The van der Waals surface area contributed by atoms with Crippen molar-refractivity contribution in [1.29, 1.82) is 0 Å². The lowest BCUT2D eigenvalue weighted by molar-refractivity contribution is -0.121. The fourth-order valence-electron chi connectivity index (χ4n) is 2.94.